The molecule has 6 atom stereocenters. The minimum atomic E-state index is -1.34. The first kappa shape index (κ1) is 31.9. The minimum Gasteiger partial charge on any atom is -0.457 e. The highest BCUT2D eigenvalue weighted by molar-refractivity contribution is 5.77. The van der Waals surface area contributed by atoms with E-state index in [4.69, 9.17) is 14.5 Å². The lowest BCUT2D eigenvalue weighted by Crippen LogP contribution is -2.66. The third-order valence-electron chi connectivity index (χ3n) is 8.19. The Balaban J connectivity index is 1.67. The molecule has 3 N–H and O–H groups in total. The van der Waals surface area contributed by atoms with Gasteiger partial charge < -0.3 is 29.7 Å². The molecule has 1 aliphatic carbocycles. The molecule has 0 bridgehead atoms. The first-order chi connectivity index (χ1) is 19.1. The summed E-state index contributed by atoms with van der Waals surface area (Å²) in [7, 11) is 0. The number of amidine groups is 1. The van der Waals surface area contributed by atoms with Crippen LogP contribution in [0.5, 0.6) is 0 Å². The fourth-order valence-corrected chi connectivity index (χ4v) is 5.81. The fraction of sp³-hybridized carbons (Fsp3) is 0.781. The summed E-state index contributed by atoms with van der Waals surface area (Å²) in [6.45, 7) is 6.18. The zero-order chi connectivity index (χ0) is 27.9. The van der Waals surface area contributed by atoms with Gasteiger partial charge in [-0.15, -0.1) is 0 Å². The van der Waals surface area contributed by atoms with Crippen molar-refractivity contribution >= 4 is 6.02 Å². The smallest absolute Gasteiger partial charge is 0.288 e. The lowest BCUT2D eigenvalue weighted by Gasteiger charge is -2.43. The van der Waals surface area contributed by atoms with E-state index < -0.39 is 36.6 Å². The summed E-state index contributed by atoms with van der Waals surface area (Å²) in [5, 5.41) is 32.6. The lowest BCUT2D eigenvalue weighted by molar-refractivity contribution is -0.199. The van der Waals surface area contributed by atoms with Gasteiger partial charge in [-0.25, -0.2) is 4.99 Å². The van der Waals surface area contributed by atoms with Crippen LogP contribution in [0.2, 0.25) is 0 Å². The number of hydrogen-bond donors (Lipinski definition) is 3. The minimum absolute atomic E-state index is 0.310. The van der Waals surface area contributed by atoms with Crippen molar-refractivity contribution in [1.29, 1.82) is 0 Å². The first-order valence-corrected chi connectivity index (χ1v) is 15.8. The van der Waals surface area contributed by atoms with E-state index in [2.05, 4.69) is 18.7 Å². The molecule has 1 aromatic rings. The SMILES string of the molecule is CCCCCCCCCN=C1O[C@H]2[C@H](O)[C@@H](O)[C@H](O)[C@@H](OCc3ccccc3)[C@H]2N1CCCCCCCCC. The van der Waals surface area contributed by atoms with Crippen LogP contribution in [0.4, 0.5) is 0 Å². The Morgan fingerprint density at radius 2 is 1.33 bits per heavy atom. The zero-order valence-corrected chi connectivity index (χ0v) is 24.4. The van der Waals surface area contributed by atoms with Gasteiger partial charge in [0.05, 0.1) is 6.61 Å². The van der Waals surface area contributed by atoms with Crippen LogP contribution in [0.1, 0.15) is 109 Å². The zero-order valence-electron chi connectivity index (χ0n) is 24.4. The fourth-order valence-electron chi connectivity index (χ4n) is 5.81. The van der Waals surface area contributed by atoms with E-state index >= 15 is 0 Å². The van der Waals surface area contributed by atoms with Crippen molar-refractivity contribution in [2.24, 2.45) is 4.99 Å². The highest BCUT2D eigenvalue weighted by atomic mass is 16.6. The molecule has 7 nitrogen and oxygen atoms in total. The average Bonchev–Trinajstić information content (AvgIpc) is 3.31. The molecule has 7 heteroatoms. The monoisotopic (exact) mass is 546 g/mol. The van der Waals surface area contributed by atoms with Crippen LogP contribution in [0.3, 0.4) is 0 Å². The van der Waals surface area contributed by atoms with Crippen LogP contribution >= 0.6 is 0 Å². The molecule has 39 heavy (non-hydrogen) atoms. The summed E-state index contributed by atoms with van der Waals surface area (Å²) in [6.07, 6.45) is 11.7. The van der Waals surface area contributed by atoms with Gasteiger partial charge in [0.15, 0.2) is 6.10 Å². The third kappa shape index (κ3) is 9.73. The largest absolute Gasteiger partial charge is 0.457 e. The number of aliphatic imine (C=N–C) groups is 1. The molecule has 0 aromatic heterocycles. The summed E-state index contributed by atoms with van der Waals surface area (Å²) in [6, 6.07) is 9.95. The predicted octanol–water partition coefficient (Wildman–Crippen LogP) is 5.59. The molecule has 1 aromatic carbocycles. The van der Waals surface area contributed by atoms with Gasteiger partial charge in [0.2, 0.25) is 0 Å². The number of aliphatic hydroxyl groups is 3. The number of ether oxygens (including phenoxy) is 2. The molecule has 222 valence electrons. The van der Waals surface area contributed by atoms with Crippen molar-refractivity contribution in [2.75, 3.05) is 13.1 Å². The molecule has 3 rings (SSSR count). The second-order valence-electron chi connectivity index (χ2n) is 11.4. The van der Waals surface area contributed by atoms with E-state index in [-0.39, 0.29) is 0 Å². The van der Waals surface area contributed by atoms with Crippen LogP contribution in [0.25, 0.3) is 0 Å². The van der Waals surface area contributed by atoms with Gasteiger partial charge in [-0.3, -0.25) is 0 Å². The second-order valence-corrected chi connectivity index (χ2v) is 11.4. The molecule has 1 saturated carbocycles. The van der Waals surface area contributed by atoms with Crippen molar-refractivity contribution in [2.45, 2.75) is 147 Å². The first-order valence-electron chi connectivity index (χ1n) is 15.8. The van der Waals surface area contributed by atoms with E-state index in [1.807, 2.05) is 30.3 Å². The Morgan fingerprint density at radius 1 is 0.744 bits per heavy atom. The molecule has 0 unspecified atom stereocenters. The van der Waals surface area contributed by atoms with Crippen LogP contribution in [0.15, 0.2) is 35.3 Å². The van der Waals surface area contributed by atoms with E-state index in [9.17, 15) is 15.3 Å². The third-order valence-corrected chi connectivity index (χ3v) is 8.19. The van der Waals surface area contributed by atoms with E-state index in [0.717, 1.165) is 37.8 Å². The molecular formula is C32H54N2O5. The molecular weight excluding hydrogens is 492 g/mol. The van der Waals surface area contributed by atoms with Gasteiger partial charge in [0.1, 0.15) is 30.5 Å². The topological polar surface area (TPSA) is 94.8 Å². The summed E-state index contributed by atoms with van der Waals surface area (Å²) in [5.41, 5.74) is 0.993. The molecule has 1 aliphatic heterocycles. The average molecular weight is 547 g/mol. The highest BCUT2D eigenvalue weighted by Crippen LogP contribution is 2.35. The predicted molar refractivity (Wildman–Crippen MR) is 157 cm³/mol. The lowest BCUT2D eigenvalue weighted by atomic mass is 9.82. The highest BCUT2D eigenvalue weighted by Gasteiger charge is 2.58. The summed E-state index contributed by atoms with van der Waals surface area (Å²) >= 11 is 0. The summed E-state index contributed by atoms with van der Waals surface area (Å²) in [5.74, 6) is 0. The number of benzene rings is 1. The van der Waals surface area contributed by atoms with Crippen LogP contribution in [-0.4, -0.2) is 75.9 Å². The molecule has 2 aliphatic rings. The van der Waals surface area contributed by atoms with E-state index in [1.165, 1.54) is 64.2 Å². The normalized spacial score (nSPS) is 27.6. The molecule has 2 fully saturated rings. The van der Waals surface area contributed by atoms with E-state index in [1.54, 1.807) is 0 Å². The molecule has 1 heterocycles. The van der Waals surface area contributed by atoms with Gasteiger partial charge in [-0.05, 0) is 18.4 Å². The summed E-state index contributed by atoms with van der Waals surface area (Å²) in [4.78, 5) is 6.93. The van der Waals surface area contributed by atoms with Crippen molar-refractivity contribution in [3.05, 3.63) is 35.9 Å². The number of unbranched alkanes of at least 4 members (excludes halogenated alkanes) is 12. The molecule has 0 spiro atoms. The van der Waals surface area contributed by atoms with Gasteiger partial charge in [-0.2, -0.15) is 0 Å². The Kier molecular flexibility index (Phi) is 14.6. The molecule has 1 saturated heterocycles. The maximum Gasteiger partial charge on any atom is 0.288 e. The van der Waals surface area contributed by atoms with Gasteiger partial charge in [0.25, 0.3) is 6.02 Å². The van der Waals surface area contributed by atoms with Crippen molar-refractivity contribution < 1.29 is 24.8 Å². The Labute approximate surface area is 236 Å². The van der Waals surface area contributed by atoms with Crippen LogP contribution in [-0.2, 0) is 16.1 Å². The summed E-state index contributed by atoms with van der Waals surface area (Å²) < 4.78 is 12.5. The molecule has 0 amide bonds. The molecule has 0 radical (unpaired) electrons. The van der Waals surface area contributed by atoms with Gasteiger partial charge in [0, 0.05) is 13.1 Å². The van der Waals surface area contributed by atoms with Crippen molar-refractivity contribution in [3.8, 4) is 0 Å². The number of nitrogens with zero attached hydrogens (tertiary/aromatic N) is 2. The maximum atomic E-state index is 11.0. The Morgan fingerprint density at radius 3 is 1.97 bits per heavy atom. The second kappa shape index (κ2) is 17.9. The van der Waals surface area contributed by atoms with Crippen LogP contribution < -0.4 is 0 Å². The Hall–Kier alpha value is -1.67. The van der Waals surface area contributed by atoms with Crippen LogP contribution in [0, 0.1) is 0 Å². The standard InChI is InChI=1S/C32H54N2O5/c1-3-5-7-9-11-13-18-22-33-32-34(23-19-14-12-10-8-6-4-2)26-30(38-24-25-20-16-15-17-21-25)28(36)27(35)29(37)31(26)39-32/h15-17,20-21,26-31,35-37H,3-14,18-19,22-24H2,1-2H3/t26-,27+,28+,29-,30+,31-/m1/s1. The van der Waals surface area contributed by atoms with E-state index in [0.29, 0.717) is 19.2 Å². The number of rotatable bonds is 19. The van der Waals surface area contributed by atoms with Gasteiger partial charge in [-0.1, -0.05) is 121 Å². The number of hydrogen-bond acceptors (Lipinski definition) is 6. The number of fused-ring (bicyclic) bond motifs is 1. The van der Waals surface area contributed by atoms with Crippen molar-refractivity contribution in [1.82, 2.24) is 4.90 Å². The number of aliphatic hydroxyl groups excluding tert-OH is 3. The maximum absolute atomic E-state index is 11.0. The van der Waals surface area contributed by atoms with Gasteiger partial charge >= 0.3 is 0 Å². The Bertz CT molecular complexity index is 807. The quantitative estimate of drug-likeness (QED) is 0.196. The van der Waals surface area contributed by atoms with Crippen molar-refractivity contribution in [3.63, 3.8) is 0 Å².